The minimum absolute atomic E-state index is 0.0883. The lowest BCUT2D eigenvalue weighted by Crippen LogP contribution is -2.22. The zero-order chi connectivity index (χ0) is 13.7. The lowest BCUT2D eigenvalue weighted by molar-refractivity contribution is -0.255. The minimum atomic E-state index is -1.23. The molecule has 0 radical (unpaired) electrons. The third-order valence-electron chi connectivity index (χ3n) is 2.58. The molecule has 0 aliphatic rings. The second-order valence-corrected chi connectivity index (χ2v) is 5.02. The van der Waals surface area contributed by atoms with Crippen molar-refractivity contribution < 1.29 is 14.7 Å². The number of hydrogen-bond acceptors (Lipinski definition) is 4. The molecule has 2 rings (SSSR count). The third-order valence-corrected chi connectivity index (χ3v) is 3.52. The van der Waals surface area contributed by atoms with Crippen LogP contribution in [0.2, 0.25) is 0 Å². The van der Waals surface area contributed by atoms with E-state index < -0.39 is 5.97 Å². The summed E-state index contributed by atoms with van der Waals surface area (Å²) in [7, 11) is 0. The molecule has 0 fully saturated rings. The molecule has 1 aromatic carbocycles. The number of amides is 1. The molecular weight excluding hydrogens is 262 g/mol. The van der Waals surface area contributed by atoms with Gasteiger partial charge >= 0.3 is 0 Å². The molecule has 0 atom stereocenters. The van der Waals surface area contributed by atoms with Crippen LogP contribution in [0.15, 0.2) is 41.8 Å². The van der Waals surface area contributed by atoms with Crippen molar-refractivity contribution >= 4 is 28.9 Å². The fourth-order valence-corrected chi connectivity index (χ4v) is 2.31. The maximum Gasteiger partial charge on any atom is 0.224 e. The number of nitrogens with one attached hydrogen (secondary N) is 1. The summed E-state index contributed by atoms with van der Waals surface area (Å²) in [6.07, 6.45) is 1.11. The van der Waals surface area contributed by atoms with E-state index in [2.05, 4.69) is 5.32 Å². The predicted octanol–water partition coefficient (Wildman–Crippen LogP) is 1.68. The Kier molecular flexibility index (Phi) is 4.30. The summed E-state index contributed by atoms with van der Waals surface area (Å²) in [4.78, 5) is 23.4. The molecule has 1 amide bonds. The maximum atomic E-state index is 11.7. The van der Waals surface area contributed by atoms with Gasteiger partial charge in [0.25, 0.3) is 0 Å². The van der Waals surface area contributed by atoms with E-state index in [0.29, 0.717) is 18.5 Å². The first-order chi connectivity index (χ1) is 9.15. The Morgan fingerprint density at radius 2 is 1.89 bits per heavy atom. The first kappa shape index (κ1) is 13.3. The molecule has 0 unspecified atom stereocenters. The van der Waals surface area contributed by atoms with Crippen LogP contribution in [0.5, 0.6) is 0 Å². The first-order valence-electron chi connectivity index (χ1n) is 5.79. The summed E-state index contributed by atoms with van der Waals surface area (Å²) in [5, 5.41) is 15.3. The van der Waals surface area contributed by atoms with Crippen molar-refractivity contribution in [2.24, 2.45) is 0 Å². The number of carbonyl (C=O) groups excluding carboxylic acids is 2. The summed E-state index contributed by atoms with van der Waals surface area (Å²) < 4.78 is 0. The zero-order valence-electron chi connectivity index (χ0n) is 10.1. The van der Waals surface area contributed by atoms with Crippen molar-refractivity contribution in [3.05, 3.63) is 52.2 Å². The average molecular weight is 274 g/mol. The highest BCUT2D eigenvalue weighted by Crippen LogP contribution is 2.13. The standard InChI is InChI=1S/C14H13NO3S/c16-13(8-7-12-2-1-9-19-12)15-11-5-3-10(4-6-11)14(17)18/h1-6,9H,7-8H2,(H,15,16)(H,17,18)/p-1. The van der Waals surface area contributed by atoms with Crippen LogP contribution in [0.25, 0.3) is 0 Å². The van der Waals surface area contributed by atoms with Crippen molar-refractivity contribution in [1.29, 1.82) is 0 Å². The largest absolute Gasteiger partial charge is 0.545 e. The van der Waals surface area contributed by atoms with Gasteiger partial charge in [-0.2, -0.15) is 0 Å². The van der Waals surface area contributed by atoms with Gasteiger partial charge in [0.15, 0.2) is 0 Å². The molecule has 1 heterocycles. The average Bonchev–Trinajstić information content (AvgIpc) is 2.90. The first-order valence-corrected chi connectivity index (χ1v) is 6.67. The molecule has 5 heteroatoms. The number of hydrogen-bond donors (Lipinski definition) is 1. The van der Waals surface area contributed by atoms with Gasteiger partial charge in [-0.15, -0.1) is 11.3 Å². The van der Waals surface area contributed by atoms with Crippen LogP contribution in [-0.2, 0) is 11.2 Å². The summed E-state index contributed by atoms with van der Waals surface area (Å²) in [5.41, 5.74) is 0.678. The molecular formula is C14H12NO3S-. The van der Waals surface area contributed by atoms with Gasteiger partial charge in [0.05, 0.1) is 5.97 Å². The Bertz CT molecular complexity index is 561. The summed E-state index contributed by atoms with van der Waals surface area (Å²) in [5.74, 6) is -1.31. The fraction of sp³-hybridized carbons (Fsp3) is 0.143. The molecule has 98 valence electrons. The third kappa shape index (κ3) is 3.93. The number of benzene rings is 1. The number of thiophene rings is 1. The second kappa shape index (κ2) is 6.15. The molecule has 0 aliphatic heterocycles. The van der Waals surface area contributed by atoms with Gasteiger partial charge in [-0.1, -0.05) is 18.2 Å². The minimum Gasteiger partial charge on any atom is -0.545 e. The lowest BCUT2D eigenvalue weighted by Gasteiger charge is -2.06. The van der Waals surface area contributed by atoms with Crippen molar-refractivity contribution in [2.45, 2.75) is 12.8 Å². The van der Waals surface area contributed by atoms with Gasteiger partial charge in [0.2, 0.25) is 5.91 Å². The number of carbonyl (C=O) groups is 2. The highest BCUT2D eigenvalue weighted by molar-refractivity contribution is 7.09. The van der Waals surface area contributed by atoms with E-state index in [1.165, 1.54) is 17.0 Å². The molecule has 4 nitrogen and oxygen atoms in total. The number of anilines is 1. The molecule has 0 bridgehead atoms. The SMILES string of the molecule is O=C(CCc1cccs1)Nc1ccc(C(=O)[O-])cc1. The Labute approximate surface area is 114 Å². The molecule has 0 aliphatic carbocycles. The van der Waals surface area contributed by atoms with Crippen LogP contribution in [0.3, 0.4) is 0 Å². The number of rotatable bonds is 5. The Morgan fingerprint density at radius 1 is 1.16 bits per heavy atom. The van der Waals surface area contributed by atoms with Gasteiger partial charge in [-0.25, -0.2) is 0 Å². The highest BCUT2D eigenvalue weighted by atomic mass is 32.1. The van der Waals surface area contributed by atoms with E-state index in [1.807, 2.05) is 17.5 Å². The van der Waals surface area contributed by atoms with E-state index in [0.717, 1.165) is 0 Å². The highest BCUT2D eigenvalue weighted by Gasteiger charge is 2.04. The summed E-state index contributed by atoms with van der Waals surface area (Å²) >= 11 is 1.62. The van der Waals surface area contributed by atoms with E-state index in [1.54, 1.807) is 23.5 Å². The lowest BCUT2D eigenvalue weighted by atomic mass is 10.2. The van der Waals surface area contributed by atoms with Crippen LogP contribution in [0.4, 0.5) is 5.69 Å². The number of carboxylic acid groups (broad SMARTS) is 1. The van der Waals surface area contributed by atoms with Crippen LogP contribution in [-0.4, -0.2) is 11.9 Å². The van der Waals surface area contributed by atoms with Crippen molar-refractivity contribution in [1.82, 2.24) is 0 Å². The van der Waals surface area contributed by atoms with E-state index in [-0.39, 0.29) is 11.5 Å². The zero-order valence-corrected chi connectivity index (χ0v) is 10.9. The molecule has 1 N–H and O–H groups in total. The molecule has 0 saturated carbocycles. The number of aryl methyl sites for hydroxylation is 1. The molecule has 2 aromatic rings. The molecule has 0 spiro atoms. The normalized spacial score (nSPS) is 10.1. The smallest absolute Gasteiger partial charge is 0.224 e. The number of carboxylic acids is 1. The van der Waals surface area contributed by atoms with Gasteiger partial charge in [-0.3, -0.25) is 4.79 Å². The predicted molar refractivity (Wildman–Crippen MR) is 72.0 cm³/mol. The Hall–Kier alpha value is -2.14. The van der Waals surface area contributed by atoms with Crippen LogP contribution >= 0.6 is 11.3 Å². The summed E-state index contributed by atoms with van der Waals surface area (Å²) in [6.45, 7) is 0. The van der Waals surface area contributed by atoms with Crippen LogP contribution in [0.1, 0.15) is 21.7 Å². The summed E-state index contributed by atoms with van der Waals surface area (Å²) in [6, 6.07) is 9.86. The van der Waals surface area contributed by atoms with E-state index in [4.69, 9.17) is 0 Å². The molecule has 19 heavy (non-hydrogen) atoms. The van der Waals surface area contributed by atoms with Crippen LogP contribution < -0.4 is 10.4 Å². The van der Waals surface area contributed by atoms with Gasteiger partial charge in [-0.05, 0) is 35.6 Å². The van der Waals surface area contributed by atoms with E-state index >= 15 is 0 Å². The van der Waals surface area contributed by atoms with Crippen molar-refractivity contribution in [3.8, 4) is 0 Å². The van der Waals surface area contributed by atoms with Crippen molar-refractivity contribution in [3.63, 3.8) is 0 Å². The quantitative estimate of drug-likeness (QED) is 0.902. The Balaban J connectivity index is 1.86. The number of aromatic carboxylic acids is 1. The maximum absolute atomic E-state index is 11.7. The molecule has 0 saturated heterocycles. The second-order valence-electron chi connectivity index (χ2n) is 3.99. The molecule has 1 aromatic heterocycles. The van der Waals surface area contributed by atoms with E-state index in [9.17, 15) is 14.7 Å². The monoisotopic (exact) mass is 274 g/mol. The van der Waals surface area contributed by atoms with Gasteiger partial charge in [0.1, 0.15) is 0 Å². The van der Waals surface area contributed by atoms with Crippen molar-refractivity contribution in [2.75, 3.05) is 5.32 Å². The van der Waals surface area contributed by atoms with Gasteiger partial charge in [0, 0.05) is 17.0 Å². The Morgan fingerprint density at radius 3 is 2.47 bits per heavy atom. The topological polar surface area (TPSA) is 69.2 Å². The fourth-order valence-electron chi connectivity index (χ4n) is 1.60. The van der Waals surface area contributed by atoms with Crippen LogP contribution in [0, 0.1) is 0 Å². The van der Waals surface area contributed by atoms with Gasteiger partial charge < -0.3 is 15.2 Å².